The van der Waals surface area contributed by atoms with Crippen LogP contribution in [0.3, 0.4) is 0 Å². The number of piperazine rings is 1. The number of nitro groups is 1. The Labute approximate surface area is 198 Å². The summed E-state index contributed by atoms with van der Waals surface area (Å²) in [4.78, 5) is 27.1. The van der Waals surface area contributed by atoms with Gasteiger partial charge in [0.05, 0.1) is 15.4 Å². The number of carbonyl (C=O) groups excluding carboxylic acids is 1. The van der Waals surface area contributed by atoms with Crippen molar-refractivity contribution in [1.29, 1.82) is 0 Å². The second-order valence-corrected chi connectivity index (χ2v) is 10.4. The van der Waals surface area contributed by atoms with E-state index < -0.39 is 26.7 Å². The molecule has 0 atom stereocenters. The van der Waals surface area contributed by atoms with Gasteiger partial charge in [-0.05, 0) is 37.1 Å². The maximum Gasteiger partial charge on any atom is 0.293 e. The molecule has 0 bridgehead atoms. The van der Waals surface area contributed by atoms with Crippen LogP contribution in [0.1, 0.15) is 36.0 Å². The van der Waals surface area contributed by atoms with Crippen molar-refractivity contribution >= 4 is 27.3 Å². The van der Waals surface area contributed by atoms with Gasteiger partial charge in [-0.3, -0.25) is 14.9 Å². The van der Waals surface area contributed by atoms with Crippen molar-refractivity contribution in [3.8, 4) is 0 Å². The Bertz CT molecular complexity index is 1170. The lowest BCUT2D eigenvalue weighted by Gasteiger charge is -2.36. The first-order valence-electron chi connectivity index (χ1n) is 11.4. The summed E-state index contributed by atoms with van der Waals surface area (Å²) < 4.78 is 41.6. The smallest absolute Gasteiger partial charge is 0.293 e. The fraction of sp³-hybridized carbons (Fsp3) is 0.435. The second kappa shape index (κ2) is 10.1. The van der Waals surface area contributed by atoms with E-state index in [1.807, 2.05) is 0 Å². The van der Waals surface area contributed by atoms with Crippen molar-refractivity contribution in [2.75, 3.05) is 44.2 Å². The van der Waals surface area contributed by atoms with E-state index in [4.69, 9.17) is 0 Å². The molecule has 4 rings (SSSR count). The number of benzene rings is 2. The van der Waals surface area contributed by atoms with Gasteiger partial charge in [0.1, 0.15) is 11.5 Å². The van der Waals surface area contributed by atoms with Crippen LogP contribution in [0.25, 0.3) is 0 Å². The molecule has 2 saturated heterocycles. The number of halogens is 1. The molecule has 0 radical (unpaired) electrons. The summed E-state index contributed by atoms with van der Waals surface area (Å²) in [7, 11) is -3.82. The zero-order chi connectivity index (χ0) is 24.3. The fourth-order valence-corrected chi connectivity index (χ4v) is 6.00. The Balaban J connectivity index is 1.52. The van der Waals surface area contributed by atoms with Crippen molar-refractivity contribution in [3.63, 3.8) is 0 Å². The van der Waals surface area contributed by atoms with Gasteiger partial charge < -0.3 is 9.80 Å². The van der Waals surface area contributed by atoms with E-state index in [9.17, 15) is 27.7 Å². The first-order chi connectivity index (χ1) is 16.3. The van der Waals surface area contributed by atoms with Crippen molar-refractivity contribution < 1.29 is 22.5 Å². The topological polar surface area (TPSA) is 104 Å². The average molecular weight is 491 g/mol. The van der Waals surface area contributed by atoms with Gasteiger partial charge >= 0.3 is 0 Å². The lowest BCUT2D eigenvalue weighted by atomic mass is 10.1. The van der Waals surface area contributed by atoms with Gasteiger partial charge in [0.15, 0.2) is 0 Å². The molecular formula is C23H27FN4O5S. The molecule has 2 aliphatic rings. The van der Waals surface area contributed by atoms with Crippen LogP contribution in [0, 0.1) is 15.9 Å². The summed E-state index contributed by atoms with van der Waals surface area (Å²) >= 11 is 0. The normalized spacial score (nSPS) is 17.9. The Hall–Kier alpha value is -3.05. The number of nitro benzene ring substituents is 1. The van der Waals surface area contributed by atoms with E-state index in [0.717, 1.165) is 31.7 Å². The molecule has 34 heavy (non-hydrogen) atoms. The SMILES string of the molecule is O=C(c1ccccc1F)N1CCN(c2ccc(S(=O)(=O)N3CCCCCC3)cc2[N+](=O)[O-])CC1. The lowest BCUT2D eigenvalue weighted by Crippen LogP contribution is -2.49. The summed E-state index contributed by atoms with van der Waals surface area (Å²) in [5, 5.41) is 11.8. The molecular weight excluding hydrogens is 463 g/mol. The third-order valence-electron chi connectivity index (χ3n) is 6.36. The quantitative estimate of drug-likeness (QED) is 0.471. The van der Waals surface area contributed by atoms with Crippen molar-refractivity contribution in [1.82, 2.24) is 9.21 Å². The molecule has 9 nitrogen and oxygen atoms in total. The number of carbonyl (C=O) groups is 1. The van der Waals surface area contributed by atoms with Gasteiger partial charge in [0.2, 0.25) is 10.0 Å². The fourth-order valence-electron chi connectivity index (χ4n) is 4.46. The van der Waals surface area contributed by atoms with Crippen LogP contribution < -0.4 is 4.90 Å². The number of rotatable bonds is 5. The minimum Gasteiger partial charge on any atom is -0.362 e. The highest BCUT2D eigenvalue weighted by atomic mass is 32.2. The molecule has 0 saturated carbocycles. The molecule has 1 amide bonds. The third kappa shape index (κ3) is 4.90. The predicted octanol–water partition coefficient (Wildman–Crippen LogP) is 3.26. The highest BCUT2D eigenvalue weighted by molar-refractivity contribution is 7.89. The van der Waals surface area contributed by atoms with Gasteiger partial charge in [-0.1, -0.05) is 25.0 Å². The number of nitrogens with zero attached hydrogens (tertiary/aromatic N) is 4. The van der Waals surface area contributed by atoms with Crippen LogP contribution in [0.5, 0.6) is 0 Å². The van der Waals surface area contributed by atoms with E-state index in [1.165, 1.54) is 39.5 Å². The first kappa shape index (κ1) is 24.1. The van der Waals surface area contributed by atoms with Crippen LogP contribution in [0.2, 0.25) is 0 Å². The van der Waals surface area contributed by atoms with Crippen molar-refractivity contribution in [3.05, 3.63) is 64.0 Å². The molecule has 2 aromatic carbocycles. The number of anilines is 1. The standard InChI is InChI=1S/C23H27FN4O5S/c24-20-8-4-3-7-19(20)23(29)26-15-13-25(14-16-26)21-10-9-18(17-22(21)28(30)31)34(32,33)27-11-5-1-2-6-12-27/h3-4,7-10,17H,1-2,5-6,11-16H2. The van der Waals surface area contributed by atoms with Crippen LogP contribution >= 0.6 is 0 Å². The molecule has 2 aromatic rings. The molecule has 2 heterocycles. The molecule has 0 unspecified atom stereocenters. The molecule has 11 heteroatoms. The molecule has 0 aromatic heterocycles. The minimum absolute atomic E-state index is 0.00926. The van der Waals surface area contributed by atoms with Gasteiger partial charge in [0.25, 0.3) is 11.6 Å². The molecule has 182 valence electrons. The van der Waals surface area contributed by atoms with Gasteiger partial charge in [-0.2, -0.15) is 4.31 Å². The summed E-state index contributed by atoms with van der Waals surface area (Å²) in [6, 6.07) is 9.78. The summed E-state index contributed by atoms with van der Waals surface area (Å²) in [6.07, 6.45) is 3.48. The zero-order valence-corrected chi connectivity index (χ0v) is 19.5. The predicted molar refractivity (Wildman–Crippen MR) is 125 cm³/mol. The van der Waals surface area contributed by atoms with E-state index in [-0.39, 0.29) is 29.2 Å². The number of sulfonamides is 1. The molecule has 0 N–H and O–H groups in total. The Morgan fingerprint density at radius 2 is 1.56 bits per heavy atom. The average Bonchev–Trinajstić information content (AvgIpc) is 3.14. The summed E-state index contributed by atoms with van der Waals surface area (Å²) in [5.41, 5.74) is 0.00703. The van der Waals surface area contributed by atoms with Crippen molar-refractivity contribution in [2.24, 2.45) is 0 Å². The summed E-state index contributed by atoms with van der Waals surface area (Å²) in [6.45, 7) is 1.96. The number of amides is 1. The minimum atomic E-state index is -3.82. The highest BCUT2D eigenvalue weighted by Gasteiger charge is 2.31. The Kier molecular flexibility index (Phi) is 7.13. The third-order valence-corrected chi connectivity index (χ3v) is 8.25. The van der Waals surface area contributed by atoms with Crippen LogP contribution in [0.15, 0.2) is 47.4 Å². The maximum atomic E-state index is 14.0. The van der Waals surface area contributed by atoms with E-state index in [2.05, 4.69) is 0 Å². The molecule has 0 aliphatic carbocycles. The van der Waals surface area contributed by atoms with Gasteiger partial charge in [-0.25, -0.2) is 12.8 Å². The Morgan fingerprint density at radius 3 is 2.18 bits per heavy atom. The highest BCUT2D eigenvalue weighted by Crippen LogP contribution is 2.33. The second-order valence-electron chi connectivity index (χ2n) is 8.49. The van der Waals surface area contributed by atoms with Gasteiger partial charge in [-0.15, -0.1) is 0 Å². The summed E-state index contributed by atoms with van der Waals surface area (Å²) in [5.74, 6) is -1.02. The Morgan fingerprint density at radius 1 is 0.912 bits per heavy atom. The first-order valence-corrected chi connectivity index (χ1v) is 12.8. The zero-order valence-electron chi connectivity index (χ0n) is 18.7. The van der Waals surface area contributed by atoms with E-state index in [0.29, 0.717) is 31.9 Å². The maximum absolute atomic E-state index is 14.0. The van der Waals surface area contributed by atoms with Crippen LogP contribution in [-0.2, 0) is 10.0 Å². The number of hydrogen-bond donors (Lipinski definition) is 0. The number of hydrogen-bond acceptors (Lipinski definition) is 6. The largest absolute Gasteiger partial charge is 0.362 e. The molecule has 2 fully saturated rings. The molecule has 0 spiro atoms. The van der Waals surface area contributed by atoms with Gasteiger partial charge in [0, 0.05) is 45.3 Å². The van der Waals surface area contributed by atoms with E-state index >= 15 is 0 Å². The van der Waals surface area contributed by atoms with Crippen LogP contribution in [0.4, 0.5) is 15.8 Å². The van der Waals surface area contributed by atoms with Crippen LogP contribution in [-0.4, -0.2) is 67.7 Å². The van der Waals surface area contributed by atoms with E-state index in [1.54, 1.807) is 11.0 Å². The lowest BCUT2D eigenvalue weighted by molar-refractivity contribution is -0.384. The molecule has 2 aliphatic heterocycles. The van der Waals surface area contributed by atoms with Crippen molar-refractivity contribution in [2.45, 2.75) is 30.6 Å². The monoisotopic (exact) mass is 490 g/mol.